The molecule has 1 N–H and O–H groups in total. The zero-order chi connectivity index (χ0) is 7.40. The first-order valence-electron chi connectivity index (χ1n) is 3.76. The van der Waals surface area contributed by atoms with Gasteiger partial charge < -0.3 is 10.1 Å². The maximum absolute atomic E-state index is 5.25. The Morgan fingerprint density at radius 2 is 2.60 bits per heavy atom. The summed E-state index contributed by atoms with van der Waals surface area (Å²) in [5.74, 6) is 0.641. The van der Waals surface area contributed by atoms with Gasteiger partial charge in [-0.25, -0.2) is 0 Å². The summed E-state index contributed by atoms with van der Waals surface area (Å²) in [5, 5.41) is 3.20. The molecule has 0 amide bonds. The lowest BCUT2D eigenvalue weighted by Gasteiger charge is -2.16. The van der Waals surface area contributed by atoms with Crippen LogP contribution in [0, 0.1) is 5.92 Å². The zero-order valence-electron chi connectivity index (χ0n) is 6.47. The fourth-order valence-corrected chi connectivity index (χ4v) is 1.38. The van der Waals surface area contributed by atoms with Gasteiger partial charge in [0, 0.05) is 18.6 Å². The van der Waals surface area contributed by atoms with E-state index in [2.05, 4.69) is 11.9 Å². The van der Waals surface area contributed by atoms with Crippen molar-refractivity contribution >= 4 is 0 Å². The molecule has 0 aromatic carbocycles. The predicted molar refractivity (Wildman–Crippen MR) is 42.0 cm³/mol. The molecule has 2 unspecified atom stereocenters. The van der Waals surface area contributed by atoms with Crippen molar-refractivity contribution in [1.29, 1.82) is 0 Å². The maximum atomic E-state index is 5.25. The number of nitrogens with one attached hydrogen (secondary N) is 1. The van der Waals surface area contributed by atoms with E-state index >= 15 is 0 Å². The predicted octanol–water partition coefficient (Wildman–Crippen LogP) is 0.797. The van der Waals surface area contributed by atoms with Crippen molar-refractivity contribution in [3.05, 3.63) is 12.7 Å². The van der Waals surface area contributed by atoms with Crippen LogP contribution in [-0.2, 0) is 4.74 Å². The summed E-state index contributed by atoms with van der Waals surface area (Å²) in [6.45, 7) is 5.56. The summed E-state index contributed by atoms with van der Waals surface area (Å²) in [4.78, 5) is 0. The molecule has 0 aromatic rings. The van der Waals surface area contributed by atoms with Gasteiger partial charge in [0.05, 0.1) is 6.61 Å². The van der Waals surface area contributed by atoms with Crippen molar-refractivity contribution in [3.8, 4) is 0 Å². The molecule has 58 valence electrons. The summed E-state index contributed by atoms with van der Waals surface area (Å²) >= 11 is 0. The number of likely N-dealkylation sites (N-methyl/N-ethyl adjacent to an activating group) is 1. The second kappa shape index (κ2) is 3.74. The second-order valence-corrected chi connectivity index (χ2v) is 2.67. The standard InChI is InChI=1S/C8H15NO/c1-3-8(9-2)7-4-5-10-6-7/h3,7-9H,1,4-6H2,2H3. The maximum Gasteiger partial charge on any atom is 0.0513 e. The largest absolute Gasteiger partial charge is 0.381 e. The summed E-state index contributed by atoms with van der Waals surface area (Å²) in [6.07, 6.45) is 3.12. The minimum atomic E-state index is 0.433. The van der Waals surface area contributed by atoms with E-state index in [0.29, 0.717) is 12.0 Å². The molecule has 1 aliphatic rings. The monoisotopic (exact) mass is 141 g/mol. The normalized spacial score (nSPS) is 28.3. The van der Waals surface area contributed by atoms with Gasteiger partial charge in [0.15, 0.2) is 0 Å². The van der Waals surface area contributed by atoms with Gasteiger partial charge in [0.25, 0.3) is 0 Å². The Morgan fingerprint density at radius 1 is 1.80 bits per heavy atom. The van der Waals surface area contributed by atoms with Crippen molar-refractivity contribution < 1.29 is 4.74 Å². The van der Waals surface area contributed by atoms with Crippen LogP contribution < -0.4 is 5.32 Å². The van der Waals surface area contributed by atoms with Crippen molar-refractivity contribution in [3.63, 3.8) is 0 Å². The van der Waals surface area contributed by atoms with E-state index in [9.17, 15) is 0 Å². The van der Waals surface area contributed by atoms with Crippen LogP contribution in [0.15, 0.2) is 12.7 Å². The van der Waals surface area contributed by atoms with Gasteiger partial charge in [-0.2, -0.15) is 0 Å². The highest BCUT2D eigenvalue weighted by atomic mass is 16.5. The van der Waals surface area contributed by atoms with Crippen molar-refractivity contribution in [1.82, 2.24) is 5.32 Å². The Hall–Kier alpha value is -0.340. The molecule has 0 radical (unpaired) electrons. The molecule has 2 nitrogen and oxygen atoms in total. The summed E-state index contributed by atoms with van der Waals surface area (Å²) < 4.78 is 5.25. The first kappa shape index (κ1) is 7.76. The van der Waals surface area contributed by atoms with Crippen LogP contribution in [0.1, 0.15) is 6.42 Å². The topological polar surface area (TPSA) is 21.3 Å². The van der Waals surface area contributed by atoms with Crippen LogP contribution >= 0.6 is 0 Å². The van der Waals surface area contributed by atoms with Crippen molar-refractivity contribution in [2.75, 3.05) is 20.3 Å². The Morgan fingerprint density at radius 3 is 3.00 bits per heavy atom. The van der Waals surface area contributed by atoms with Crippen molar-refractivity contribution in [2.45, 2.75) is 12.5 Å². The lowest BCUT2D eigenvalue weighted by atomic mass is 10.00. The fourth-order valence-electron chi connectivity index (χ4n) is 1.38. The van der Waals surface area contributed by atoms with Gasteiger partial charge in [0.2, 0.25) is 0 Å². The molecule has 2 heteroatoms. The Bertz CT molecular complexity index is 108. The van der Waals surface area contributed by atoms with E-state index in [-0.39, 0.29) is 0 Å². The molecule has 0 aliphatic carbocycles. The van der Waals surface area contributed by atoms with E-state index in [4.69, 9.17) is 4.74 Å². The molecule has 0 bridgehead atoms. The molecule has 1 heterocycles. The highest BCUT2D eigenvalue weighted by Gasteiger charge is 2.21. The number of rotatable bonds is 3. The third kappa shape index (κ3) is 1.58. The SMILES string of the molecule is C=CC(NC)C1CCOC1. The number of hydrogen-bond acceptors (Lipinski definition) is 2. The molecule has 1 rings (SSSR count). The van der Waals surface area contributed by atoms with Crippen molar-refractivity contribution in [2.24, 2.45) is 5.92 Å². The average molecular weight is 141 g/mol. The molecule has 0 aromatic heterocycles. The summed E-state index contributed by atoms with van der Waals surface area (Å²) in [6, 6.07) is 0.433. The van der Waals surface area contributed by atoms with Gasteiger partial charge in [0.1, 0.15) is 0 Å². The second-order valence-electron chi connectivity index (χ2n) is 2.67. The molecule has 2 atom stereocenters. The first-order valence-corrected chi connectivity index (χ1v) is 3.76. The summed E-state index contributed by atoms with van der Waals surface area (Å²) in [7, 11) is 1.96. The van der Waals surface area contributed by atoms with Gasteiger partial charge in [-0.1, -0.05) is 6.08 Å². The van der Waals surface area contributed by atoms with Crippen LogP contribution in [0.3, 0.4) is 0 Å². The molecular formula is C8H15NO. The van der Waals surface area contributed by atoms with Crippen LogP contribution in [0.25, 0.3) is 0 Å². The van der Waals surface area contributed by atoms with E-state index in [1.807, 2.05) is 13.1 Å². The third-order valence-electron chi connectivity index (χ3n) is 2.06. The van der Waals surface area contributed by atoms with Gasteiger partial charge in [-0.15, -0.1) is 6.58 Å². The van der Waals surface area contributed by atoms with Gasteiger partial charge in [-0.05, 0) is 13.5 Å². The van der Waals surface area contributed by atoms with E-state index in [1.165, 1.54) is 0 Å². The Labute approximate surface area is 62.3 Å². The molecule has 1 fully saturated rings. The highest BCUT2D eigenvalue weighted by molar-refractivity contribution is 4.91. The lowest BCUT2D eigenvalue weighted by molar-refractivity contribution is 0.181. The van der Waals surface area contributed by atoms with Crippen LogP contribution in [0.2, 0.25) is 0 Å². The summed E-state index contributed by atoms with van der Waals surface area (Å²) in [5.41, 5.74) is 0. The molecular weight excluding hydrogens is 126 g/mol. The smallest absolute Gasteiger partial charge is 0.0513 e. The van der Waals surface area contributed by atoms with Gasteiger partial charge in [-0.3, -0.25) is 0 Å². The van der Waals surface area contributed by atoms with E-state index in [0.717, 1.165) is 19.6 Å². The lowest BCUT2D eigenvalue weighted by Crippen LogP contribution is -2.31. The number of ether oxygens (including phenoxy) is 1. The van der Waals surface area contributed by atoms with E-state index < -0.39 is 0 Å². The fraction of sp³-hybridized carbons (Fsp3) is 0.750. The van der Waals surface area contributed by atoms with Crippen LogP contribution in [0.5, 0.6) is 0 Å². The molecule has 1 aliphatic heterocycles. The van der Waals surface area contributed by atoms with Crippen LogP contribution in [0.4, 0.5) is 0 Å². The highest BCUT2D eigenvalue weighted by Crippen LogP contribution is 2.16. The minimum Gasteiger partial charge on any atom is -0.381 e. The Kier molecular flexibility index (Phi) is 2.90. The van der Waals surface area contributed by atoms with Gasteiger partial charge >= 0.3 is 0 Å². The molecule has 0 saturated carbocycles. The van der Waals surface area contributed by atoms with E-state index in [1.54, 1.807) is 0 Å². The first-order chi connectivity index (χ1) is 4.88. The minimum absolute atomic E-state index is 0.433. The third-order valence-corrected chi connectivity index (χ3v) is 2.06. The molecule has 1 saturated heterocycles. The average Bonchev–Trinajstić information content (AvgIpc) is 2.43. The quantitative estimate of drug-likeness (QED) is 0.587. The molecule has 0 spiro atoms. The zero-order valence-corrected chi connectivity index (χ0v) is 6.47. The number of hydrogen-bond donors (Lipinski definition) is 1. The van der Waals surface area contributed by atoms with Crippen LogP contribution in [-0.4, -0.2) is 26.3 Å². The Balaban J connectivity index is 2.36. The molecule has 10 heavy (non-hydrogen) atoms.